The van der Waals surface area contributed by atoms with E-state index in [9.17, 15) is 48.3 Å². The zero-order valence-corrected chi connectivity index (χ0v) is 60.6. The Kier molecular flexibility index (Phi) is 21.4. The fraction of sp³-hybridized carbons (Fsp3) is 0.481. The Morgan fingerprint density at radius 2 is 1.27 bits per heavy atom. The molecule has 0 radical (unpaired) electrons. The molecule has 0 bridgehead atoms. The number of aromatic nitrogens is 3. The highest BCUT2D eigenvalue weighted by Gasteiger charge is 2.58. The minimum Gasteiger partial charge on any atom is -0.493 e. The molecule has 4 fully saturated rings. The van der Waals surface area contributed by atoms with Crippen molar-refractivity contribution in [3.05, 3.63) is 130 Å². The fourth-order valence-electron chi connectivity index (χ4n) is 15.4. The molecular formula is C79H93N11O15. The lowest BCUT2D eigenvalue weighted by Gasteiger charge is -2.31. The number of hydrogen-bond acceptors (Lipinski definition) is 17. The summed E-state index contributed by atoms with van der Waals surface area (Å²) >= 11 is 0. The molecule has 26 heteroatoms. The zero-order chi connectivity index (χ0) is 74.0. The van der Waals surface area contributed by atoms with E-state index in [0.717, 1.165) is 77.9 Å². The second-order valence-electron chi connectivity index (χ2n) is 29.8. The van der Waals surface area contributed by atoms with Crippen LogP contribution in [0.1, 0.15) is 161 Å². The van der Waals surface area contributed by atoms with Crippen molar-refractivity contribution >= 4 is 64.6 Å². The van der Waals surface area contributed by atoms with E-state index in [0.29, 0.717) is 77.4 Å². The number of methoxy groups -OCH3 is 2. The highest BCUT2D eigenvalue weighted by atomic mass is 16.6. The number of ketones is 1. The smallest absolute Gasteiger partial charge is 0.416 e. The third-order valence-electron chi connectivity index (χ3n) is 21.7. The third kappa shape index (κ3) is 15.7. The van der Waals surface area contributed by atoms with E-state index in [1.807, 2.05) is 79.2 Å². The highest BCUT2D eigenvalue weighted by Crippen LogP contribution is 2.58. The van der Waals surface area contributed by atoms with Crippen molar-refractivity contribution in [3.8, 4) is 45.5 Å². The SMILES string of the molecule is COc1cc2c(cc1OCCCCCOc1cc3c(cc1OC)C(=O)N1CC4(CC4)C[C@H]1C(O)N3C(=O)OCc1ccc(CC(=O)[C@H](C)NC(=O)[C@@H](NC(=O)CNC(=O)CNC(=O)CCC(=O)N3Cc4ccccc4-c4nnn(C(C)C)c4-c4ccccc43)C(C)C)cc1)CC[C@@H]1CC3(CC3)CN1C2=O. The predicted octanol–water partition coefficient (Wildman–Crippen LogP) is 8.57. The van der Waals surface area contributed by atoms with Crippen LogP contribution in [0.3, 0.4) is 0 Å². The Morgan fingerprint density at radius 1 is 0.638 bits per heavy atom. The average molecular weight is 1440 g/mol. The Hall–Kier alpha value is -10.4. The molecule has 5 atom stereocenters. The number of nitrogens with one attached hydrogen (secondary N) is 4. The molecule has 5 aliphatic heterocycles. The minimum atomic E-state index is -1.45. The number of carbonyl (C=O) groups excluding carboxylic acids is 9. The molecule has 5 N–H and O–H groups in total. The van der Waals surface area contributed by atoms with Crippen molar-refractivity contribution in [2.75, 3.05) is 63.4 Å². The van der Waals surface area contributed by atoms with Crippen molar-refractivity contribution in [2.45, 2.75) is 174 Å². The van der Waals surface area contributed by atoms with Crippen LogP contribution in [-0.2, 0) is 59.5 Å². The monoisotopic (exact) mass is 1440 g/mol. The topological polar surface area (TPSA) is 312 Å². The number of amides is 8. The van der Waals surface area contributed by atoms with Crippen molar-refractivity contribution in [1.29, 1.82) is 0 Å². The molecule has 2 aliphatic carbocycles. The van der Waals surface area contributed by atoms with Gasteiger partial charge in [0, 0.05) is 67.2 Å². The number of carbonyl (C=O) groups is 9. The van der Waals surface area contributed by atoms with E-state index in [1.54, 1.807) is 67.2 Å². The van der Waals surface area contributed by atoms with Gasteiger partial charge >= 0.3 is 6.09 Å². The summed E-state index contributed by atoms with van der Waals surface area (Å²) in [7, 11) is 3.06. The van der Waals surface area contributed by atoms with Gasteiger partial charge in [-0.2, -0.15) is 0 Å². The van der Waals surface area contributed by atoms with Crippen molar-refractivity contribution in [1.82, 2.24) is 46.1 Å². The van der Waals surface area contributed by atoms with Gasteiger partial charge in [-0.15, -0.1) is 5.10 Å². The van der Waals surface area contributed by atoms with Gasteiger partial charge in [-0.3, -0.25) is 38.4 Å². The van der Waals surface area contributed by atoms with Gasteiger partial charge in [0.2, 0.25) is 29.5 Å². The first kappa shape index (κ1) is 73.0. The number of aliphatic hydroxyl groups is 1. The summed E-state index contributed by atoms with van der Waals surface area (Å²) in [4.78, 5) is 130. The van der Waals surface area contributed by atoms with E-state index in [1.165, 1.54) is 26.9 Å². The summed E-state index contributed by atoms with van der Waals surface area (Å²) in [6.07, 6.45) is 6.84. The van der Waals surface area contributed by atoms with E-state index < -0.39 is 73.1 Å². The summed E-state index contributed by atoms with van der Waals surface area (Å²) in [5, 5.41) is 31.5. The van der Waals surface area contributed by atoms with Crippen LogP contribution in [0.15, 0.2) is 97.1 Å². The summed E-state index contributed by atoms with van der Waals surface area (Å²) in [5.41, 5.74) is 7.95. The predicted molar refractivity (Wildman–Crippen MR) is 387 cm³/mol. The Bertz CT molecular complexity index is 4350. The molecule has 1 aromatic heterocycles. The molecule has 2 spiro atoms. The molecule has 5 aromatic carbocycles. The van der Waals surface area contributed by atoms with Crippen molar-refractivity contribution in [2.24, 2.45) is 16.7 Å². The molecule has 554 valence electrons. The van der Waals surface area contributed by atoms with Gasteiger partial charge in [-0.1, -0.05) is 85.8 Å². The number of anilines is 2. The Balaban J connectivity index is 0.556. The van der Waals surface area contributed by atoms with Crippen LogP contribution in [-0.4, -0.2) is 167 Å². The lowest BCUT2D eigenvalue weighted by atomic mass is 9.95. The number of aryl methyl sites for hydroxylation is 1. The lowest BCUT2D eigenvalue weighted by Crippen LogP contribution is -2.54. The number of ether oxygens (including phenoxy) is 5. The first-order valence-corrected chi connectivity index (χ1v) is 36.7. The molecule has 8 amide bonds. The molecule has 1 unspecified atom stereocenters. The third-order valence-corrected chi connectivity index (χ3v) is 21.7. The molecule has 2 saturated heterocycles. The number of fused-ring (bicyclic) bond motifs is 9. The van der Waals surface area contributed by atoms with Crippen LogP contribution in [0.2, 0.25) is 0 Å². The Morgan fingerprint density at radius 3 is 1.96 bits per heavy atom. The summed E-state index contributed by atoms with van der Waals surface area (Å²) < 4.78 is 31.8. The molecule has 13 rings (SSSR count). The van der Waals surface area contributed by atoms with Gasteiger partial charge in [0.05, 0.1) is 81.8 Å². The van der Waals surface area contributed by atoms with Crippen LogP contribution < -0.4 is 50.0 Å². The normalized spacial score (nSPS) is 18.9. The molecule has 7 aliphatic rings. The fourth-order valence-corrected chi connectivity index (χ4v) is 15.4. The molecule has 105 heavy (non-hydrogen) atoms. The van der Waals surface area contributed by atoms with Gasteiger partial charge < -0.3 is 64.8 Å². The maximum absolute atomic E-state index is 14.5. The summed E-state index contributed by atoms with van der Waals surface area (Å²) in [6.45, 7) is 9.96. The Labute approximate surface area is 610 Å². The summed E-state index contributed by atoms with van der Waals surface area (Å²) in [5.74, 6) is -2.16. The highest BCUT2D eigenvalue weighted by molar-refractivity contribution is 6.06. The van der Waals surface area contributed by atoms with E-state index >= 15 is 0 Å². The largest absolute Gasteiger partial charge is 0.493 e. The maximum Gasteiger partial charge on any atom is 0.416 e. The number of rotatable bonds is 27. The second-order valence-corrected chi connectivity index (χ2v) is 29.8. The number of aliphatic hydroxyl groups excluding tert-OH is 1. The van der Waals surface area contributed by atoms with Crippen molar-refractivity contribution in [3.63, 3.8) is 0 Å². The lowest BCUT2D eigenvalue weighted by molar-refractivity contribution is -0.132. The number of benzene rings is 5. The number of hydrogen-bond donors (Lipinski definition) is 5. The molecular weight excluding hydrogens is 1340 g/mol. The number of Topliss-reactive ketones (excluding diaryl/α,β-unsaturated/α-hetero) is 1. The van der Waals surface area contributed by atoms with E-state index in [4.69, 9.17) is 23.7 Å². The molecule has 6 aromatic rings. The average Bonchev–Trinajstić information content (AvgIpc) is 1.58. The second kappa shape index (κ2) is 30.8. The van der Waals surface area contributed by atoms with Gasteiger partial charge in [0.25, 0.3) is 11.8 Å². The van der Waals surface area contributed by atoms with Gasteiger partial charge in [0.1, 0.15) is 18.3 Å². The van der Waals surface area contributed by atoms with E-state index in [2.05, 4.69) is 36.5 Å². The van der Waals surface area contributed by atoms with Crippen molar-refractivity contribution < 1.29 is 71.9 Å². The summed E-state index contributed by atoms with van der Waals surface area (Å²) in [6, 6.07) is 26.4. The first-order valence-electron chi connectivity index (χ1n) is 36.7. The maximum atomic E-state index is 14.5. The van der Waals surface area contributed by atoms with Gasteiger partial charge in [-0.05, 0) is 155 Å². The quantitative estimate of drug-likeness (QED) is 0.0302. The zero-order valence-electron chi connectivity index (χ0n) is 60.6. The molecule has 2 saturated carbocycles. The first-order chi connectivity index (χ1) is 50.5. The van der Waals surface area contributed by atoms with Crippen LogP contribution in [0.4, 0.5) is 16.2 Å². The molecule has 6 heterocycles. The minimum absolute atomic E-state index is 0.0236. The van der Waals surface area contributed by atoms with Gasteiger partial charge in [-0.25, -0.2) is 14.4 Å². The van der Waals surface area contributed by atoms with E-state index in [-0.39, 0.29) is 103 Å². The van der Waals surface area contributed by atoms with Crippen LogP contribution in [0.5, 0.6) is 23.0 Å². The van der Waals surface area contributed by atoms with Crippen LogP contribution >= 0.6 is 0 Å². The number of unbranched alkanes of at least 4 members (excludes halogenated alkanes) is 2. The van der Waals surface area contributed by atoms with Crippen LogP contribution in [0, 0.1) is 16.7 Å². The number of para-hydroxylation sites is 1. The van der Waals surface area contributed by atoms with Gasteiger partial charge in [0.15, 0.2) is 35.0 Å². The standard InChI is InChI=1S/C79H93N11O15/c1-46(2)70(83-68(94)41-81-67(93)40-80-66(92)25-26-69(95)86-42-52-15-9-10-16-54(52)71-72(90(47(3)4)85-84-71)55-17-11-12-18-58(55)86)73(96)82-48(5)61(91)33-49-19-21-50(22-20-49)43-105-77(100)89-59-37-65(63(102-7)36-57(59)75(98)88-45-79(29-30-79)39-60(88)76(89)99)104-32-14-8-13-31-103-64-34-51-23-24-53-38-78(27-28-78)44-87(53)74(97)56(51)35-62(64)101-6/h9-12,15-22,34-37,46-48,53,60,70,76,99H,8,13-14,23-33,38-45H2,1-7H3,(H,80,92)(H,81,93)(H,82,96)(H,83,94)/t48-,53+,60-,70-,76?/m0/s1. The molecule has 26 nitrogen and oxygen atoms in total. The van der Waals surface area contributed by atoms with Crippen LogP contribution in [0.25, 0.3) is 22.5 Å². The number of nitrogens with zero attached hydrogens (tertiary/aromatic N) is 7.